The lowest BCUT2D eigenvalue weighted by Crippen LogP contribution is -2.00. The summed E-state index contributed by atoms with van der Waals surface area (Å²) < 4.78 is 20.3. The molecular weight excluding hydrogens is 224 g/mol. The zero-order valence-electron chi connectivity index (χ0n) is 9.77. The molecule has 0 bridgehead atoms. The van der Waals surface area contributed by atoms with Gasteiger partial charge in [0, 0.05) is 0 Å². The first-order valence-corrected chi connectivity index (χ1v) is 4.94. The van der Waals surface area contributed by atoms with Crippen LogP contribution < -0.4 is 9.47 Å². The number of hydrogen-bond donors (Lipinski definition) is 0. The summed E-state index contributed by atoms with van der Waals surface area (Å²) in [5, 5.41) is 1.23. The Hall–Kier alpha value is -2.17. The van der Waals surface area contributed by atoms with E-state index in [2.05, 4.69) is 4.74 Å². The molecule has 0 saturated heterocycles. The largest absolute Gasteiger partial charge is 0.496 e. The molecule has 0 N–H and O–H groups in total. The lowest BCUT2D eigenvalue weighted by Gasteiger charge is -2.01. The van der Waals surface area contributed by atoms with Crippen LogP contribution >= 0.6 is 0 Å². The van der Waals surface area contributed by atoms with Crippen molar-refractivity contribution in [3.63, 3.8) is 0 Å². The standard InChI is InChI=1S/C12H12O5/c1-14-8-6-4-5-7-9(8)10(11(13)15-2)17-12(7)16-3/h4-6H,1-3H3. The average molecular weight is 236 g/mol. The van der Waals surface area contributed by atoms with Gasteiger partial charge < -0.3 is 18.6 Å². The summed E-state index contributed by atoms with van der Waals surface area (Å²) in [6, 6.07) is 5.32. The molecule has 5 nitrogen and oxygen atoms in total. The van der Waals surface area contributed by atoms with Gasteiger partial charge >= 0.3 is 5.97 Å². The van der Waals surface area contributed by atoms with Crippen molar-refractivity contribution < 1.29 is 23.4 Å². The Bertz CT molecular complexity index is 555. The predicted octanol–water partition coefficient (Wildman–Crippen LogP) is 2.24. The third-order valence-corrected chi connectivity index (χ3v) is 2.44. The number of hydrogen-bond acceptors (Lipinski definition) is 5. The number of ether oxygens (including phenoxy) is 3. The molecule has 0 fully saturated rings. The van der Waals surface area contributed by atoms with E-state index < -0.39 is 5.97 Å². The molecule has 0 aliphatic rings. The zero-order chi connectivity index (χ0) is 12.4. The molecule has 5 heteroatoms. The number of furan rings is 1. The van der Waals surface area contributed by atoms with Crippen molar-refractivity contribution in [3.8, 4) is 11.7 Å². The first-order valence-electron chi connectivity index (χ1n) is 4.94. The minimum absolute atomic E-state index is 0.0804. The third-order valence-electron chi connectivity index (χ3n) is 2.44. The van der Waals surface area contributed by atoms with E-state index in [0.29, 0.717) is 16.5 Å². The van der Waals surface area contributed by atoms with Gasteiger partial charge in [0.1, 0.15) is 5.75 Å². The summed E-state index contributed by atoms with van der Waals surface area (Å²) in [6.07, 6.45) is 0. The van der Waals surface area contributed by atoms with Crippen LogP contribution in [-0.4, -0.2) is 27.3 Å². The van der Waals surface area contributed by atoms with Crippen molar-refractivity contribution in [3.05, 3.63) is 24.0 Å². The van der Waals surface area contributed by atoms with Crippen molar-refractivity contribution in [2.45, 2.75) is 0 Å². The Labute approximate surface area is 97.9 Å². The number of esters is 1. The number of carbonyl (C=O) groups is 1. The Morgan fingerprint density at radius 3 is 2.53 bits per heavy atom. The number of methoxy groups -OCH3 is 3. The molecule has 0 aliphatic heterocycles. The highest BCUT2D eigenvalue weighted by Gasteiger charge is 2.23. The van der Waals surface area contributed by atoms with Crippen molar-refractivity contribution in [2.75, 3.05) is 21.3 Å². The minimum Gasteiger partial charge on any atom is -0.496 e. The Morgan fingerprint density at radius 2 is 1.94 bits per heavy atom. The van der Waals surface area contributed by atoms with Gasteiger partial charge in [-0.05, 0) is 12.1 Å². The monoisotopic (exact) mass is 236 g/mol. The molecule has 1 aromatic heterocycles. The van der Waals surface area contributed by atoms with Crippen LogP contribution in [0.25, 0.3) is 10.8 Å². The molecule has 1 aromatic carbocycles. The van der Waals surface area contributed by atoms with Crippen LogP contribution in [0.2, 0.25) is 0 Å². The lowest BCUT2D eigenvalue weighted by atomic mass is 10.1. The topological polar surface area (TPSA) is 57.9 Å². The summed E-state index contributed by atoms with van der Waals surface area (Å²) in [5.41, 5.74) is 0. The van der Waals surface area contributed by atoms with Gasteiger partial charge in [0.15, 0.2) is 0 Å². The molecule has 0 saturated carbocycles. The fourth-order valence-corrected chi connectivity index (χ4v) is 1.69. The fraction of sp³-hybridized carbons (Fsp3) is 0.250. The molecule has 1 heterocycles. The molecule has 0 spiro atoms. The lowest BCUT2D eigenvalue weighted by molar-refractivity contribution is 0.0561. The van der Waals surface area contributed by atoms with Crippen LogP contribution in [0.1, 0.15) is 10.6 Å². The number of fused-ring (bicyclic) bond motifs is 1. The van der Waals surface area contributed by atoms with Gasteiger partial charge in [0.05, 0.1) is 32.1 Å². The van der Waals surface area contributed by atoms with Gasteiger partial charge in [-0.1, -0.05) is 6.07 Å². The SMILES string of the molecule is COC(=O)c1oc(OC)c2cccc(OC)c12. The molecule has 0 unspecified atom stereocenters. The van der Waals surface area contributed by atoms with Gasteiger partial charge in [-0.3, -0.25) is 0 Å². The van der Waals surface area contributed by atoms with E-state index in [0.717, 1.165) is 0 Å². The highest BCUT2D eigenvalue weighted by molar-refractivity contribution is 6.07. The Kier molecular flexibility index (Phi) is 2.91. The van der Waals surface area contributed by atoms with Crippen molar-refractivity contribution >= 4 is 16.7 Å². The predicted molar refractivity (Wildman–Crippen MR) is 60.7 cm³/mol. The smallest absolute Gasteiger partial charge is 0.374 e. The van der Waals surface area contributed by atoms with E-state index in [1.165, 1.54) is 21.3 Å². The zero-order valence-corrected chi connectivity index (χ0v) is 9.77. The molecule has 2 rings (SSSR count). The second-order valence-electron chi connectivity index (χ2n) is 3.30. The van der Waals surface area contributed by atoms with Gasteiger partial charge in [-0.15, -0.1) is 0 Å². The van der Waals surface area contributed by atoms with Gasteiger partial charge in [0.2, 0.25) is 5.76 Å². The minimum atomic E-state index is -0.567. The molecular formula is C12H12O5. The highest BCUT2D eigenvalue weighted by Crippen LogP contribution is 2.38. The maximum Gasteiger partial charge on any atom is 0.374 e. The Balaban J connectivity index is 2.79. The van der Waals surface area contributed by atoms with Crippen molar-refractivity contribution in [1.82, 2.24) is 0 Å². The summed E-state index contributed by atoms with van der Waals surface area (Å²) in [5.74, 6) is 0.314. The average Bonchev–Trinajstić information content (AvgIpc) is 2.76. The van der Waals surface area contributed by atoms with E-state index in [4.69, 9.17) is 13.9 Å². The van der Waals surface area contributed by atoms with Crippen molar-refractivity contribution in [1.29, 1.82) is 0 Å². The number of benzene rings is 1. The van der Waals surface area contributed by atoms with E-state index in [-0.39, 0.29) is 11.7 Å². The van der Waals surface area contributed by atoms with Crippen LogP contribution in [-0.2, 0) is 4.74 Å². The summed E-state index contributed by atoms with van der Waals surface area (Å²) in [4.78, 5) is 11.6. The van der Waals surface area contributed by atoms with Crippen LogP contribution in [0, 0.1) is 0 Å². The highest BCUT2D eigenvalue weighted by atomic mass is 16.6. The van der Waals surface area contributed by atoms with Crippen LogP contribution in [0.4, 0.5) is 0 Å². The summed E-state index contributed by atoms with van der Waals surface area (Å²) in [6.45, 7) is 0. The molecule has 90 valence electrons. The quantitative estimate of drug-likeness (QED) is 0.765. The number of rotatable bonds is 3. The van der Waals surface area contributed by atoms with Gasteiger partial charge in [0.25, 0.3) is 5.95 Å². The summed E-state index contributed by atoms with van der Waals surface area (Å²) >= 11 is 0. The summed E-state index contributed by atoms with van der Waals surface area (Å²) in [7, 11) is 4.28. The first kappa shape index (κ1) is 11.3. The molecule has 0 amide bonds. The molecule has 0 aliphatic carbocycles. The van der Waals surface area contributed by atoms with E-state index in [1.807, 2.05) is 0 Å². The van der Waals surface area contributed by atoms with E-state index >= 15 is 0 Å². The number of carbonyl (C=O) groups excluding carboxylic acids is 1. The van der Waals surface area contributed by atoms with Gasteiger partial charge in [-0.2, -0.15) is 0 Å². The fourth-order valence-electron chi connectivity index (χ4n) is 1.69. The second-order valence-corrected chi connectivity index (χ2v) is 3.30. The first-order chi connectivity index (χ1) is 8.22. The maximum atomic E-state index is 11.6. The normalized spacial score (nSPS) is 10.3. The molecule has 0 radical (unpaired) electrons. The maximum absolute atomic E-state index is 11.6. The van der Waals surface area contributed by atoms with E-state index in [1.54, 1.807) is 18.2 Å². The van der Waals surface area contributed by atoms with Crippen LogP contribution in [0.3, 0.4) is 0 Å². The molecule has 0 atom stereocenters. The molecule has 17 heavy (non-hydrogen) atoms. The Morgan fingerprint density at radius 1 is 1.18 bits per heavy atom. The van der Waals surface area contributed by atoms with Gasteiger partial charge in [-0.25, -0.2) is 4.79 Å². The van der Waals surface area contributed by atoms with Crippen LogP contribution in [0.5, 0.6) is 11.7 Å². The molecule has 2 aromatic rings. The third kappa shape index (κ3) is 1.69. The van der Waals surface area contributed by atoms with E-state index in [9.17, 15) is 4.79 Å². The second kappa shape index (κ2) is 4.37. The van der Waals surface area contributed by atoms with Crippen molar-refractivity contribution in [2.24, 2.45) is 0 Å². The van der Waals surface area contributed by atoms with Crippen LogP contribution in [0.15, 0.2) is 22.6 Å².